The van der Waals surface area contributed by atoms with Gasteiger partial charge in [-0.1, -0.05) is 13.0 Å². The average molecular weight is 261 g/mol. The number of carboxylic acids is 1. The number of nitrogens with zero attached hydrogens (tertiary/aromatic N) is 1. The van der Waals surface area contributed by atoms with Crippen LogP contribution in [0.15, 0.2) is 24.3 Å². The van der Waals surface area contributed by atoms with E-state index in [9.17, 15) is 9.90 Å². The Morgan fingerprint density at radius 2 is 2.00 bits per heavy atom. The van der Waals surface area contributed by atoms with Crippen LogP contribution in [0.5, 0.6) is 5.75 Å². The highest BCUT2D eigenvalue weighted by molar-refractivity contribution is 5.87. The number of rotatable bonds is 4. The van der Waals surface area contributed by atoms with Crippen LogP contribution in [-0.2, 0) is 11.2 Å². The fourth-order valence-electron chi connectivity index (χ4n) is 2.46. The van der Waals surface area contributed by atoms with Crippen LogP contribution >= 0.6 is 0 Å². The molecule has 2 N–H and O–H groups in total. The molecule has 0 saturated carbocycles. The van der Waals surface area contributed by atoms with Gasteiger partial charge in [0.15, 0.2) is 0 Å². The zero-order valence-corrected chi connectivity index (χ0v) is 11.4. The SMILES string of the molecule is CC(Cc1cc2c(O)cccc2n1C(C)C)C(=O)O. The number of aliphatic carboxylic acids is 1. The Hall–Kier alpha value is -1.97. The number of aromatic nitrogens is 1. The summed E-state index contributed by atoms with van der Waals surface area (Å²) in [6, 6.07) is 7.52. The number of carbonyl (C=O) groups is 1. The lowest BCUT2D eigenvalue weighted by atomic mass is 10.1. The number of fused-ring (bicyclic) bond motifs is 1. The van der Waals surface area contributed by atoms with Crippen LogP contribution in [-0.4, -0.2) is 20.7 Å². The minimum Gasteiger partial charge on any atom is -0.507 e. The molecule has 0 aliphatic heterocycles. The number of aromatic hydroxyl groups is 1. The number of carboxylic acid groups (broad SMARTS) is 1. The predicted octanol–water partition coefficient (Wildman–Crippen LogP) is 3.19. The lowest BCUT2D eigenvalue weighted by Crippen LogP contribution is -2.15. The summed E-state index contributed by atoms with van der Waals surface area (Å²) in [6.07, 6.45) is 0.460. The van der Waals surface area contributed by atoms with Gasteiger partial charge < -0.3 is 14.8 Å². The number of hydrogen-bond donors (Lipinski definition) is 2. The highest BCUT2D eigenvalue weighted by atomic mass is 16.4. The molecule has 19 heavy (non-hydrogen) atoms. The largest absolute Gasteiger partial charge is 0.507 e. The van der Waals surface area contributed by atoms with Crippen molar-refractivity contribution in [3.63, 3.8) is 0 Å². The Bertz CT molecular complexity index is 613. The van der Waals surface area contributed by atoms with Gasteiger partial charge in [-0.3, -0.25) is 4.79 Å². The summed E-state index contributed by atoms with van der Waals surface area (Å²) >= 11 is 0. The van der Waals surface area contributed by atoms with Crippen LogP contribution in [0.1, 0.15) is 32.5 Å². The Kier molecular flexibility index (Phi) is 3.51. The molecule has 0 radical (unpaired) electrons. The minimum atomic E-state index is -0.801. The van der Waals surface area contributed by atoms with Gasteiger partial charge in [0.05, 0.1) is 11.4 Å². The monoisotopic (exact) mass is 261 g/mol. The normalized spacial score (nSPS) is 13.1. The van der Waals surface area contributed by atoms with E-state index in [0.29, 0.717) is 6.42 Å². The molecular weight excluding hydrogens is 242 g/mol. The molecule has 0 amide bonds. The van der Waals surface area contributed by atoms with Crippen molar-refractivity contribution in [1.29, 1.82) is 0 Å². The maximum absolute atomic E-state index is 11.0. The van der Waals surface area contributed by atoms with Crippen LogP contribution in [0.25, 0.3) is 10.9 Å². The van der Waals surface area contributed by atoms with E-state index in [2.05, 4.69) is 18.4 Å². The molecule has 4 heteroatoms. The Morgan fingerprint density at radius 3 is 2.58 bits per heavy atom. The van der Waals surface area contributed by atoms with Crippen molar-refractivity contribution in [1.82, 2.24) is 4.57 Å². The van der Waals surface area contributed by atoms with E-state index in [1.807, 2.05) is 12.1 Å². The maximum Gasteiger partial charge on any atom is 0.306 e. The first-order chi connectivity index (χ1) is 8.91. The van der Waals surface area contributed by atoms with Crippen molar-refractivity contribution in [3.8, 4) is 5.75 Å². The van der Waals surface area contributed by atoms with Crippen LogP contribution < -0.4 is 0 Å². The molecule has 0 saturated heterocycles. The highest BCUT2D eigenvalue weighted by Gasteiger charge is 2.18. The van der Waals surface area contributed by atoms with E-state index in [-0.39, 0.29) is 11.8 Å². The summed E-state index contributed by atoms with van der Waals surface area (Å²) in [7, 11) is 0. The van der Waals surface area contributed by atoms with Gasteiger partial charge in [0.2, 0.25) is 0 Å². The molecule has 0 aliphatic rings. The van der Waals surface area contributed by atoms with Crippen LogP contribution in [0.3, 0.4) is 0 Å². The molecule has 1 aromatic heterocycles. The van der Waals surface area contributed by atoms with Gasteiger partial charge >= 0.3 is 5.97 Å². The van der Waals surface area contributed by atoms with E-state index in [0.717, 1.165) is 16.6 Å². The van der Waals surface area contributed by atoms with Crippen molar-refractivity contribution < 1.29 is 15.0 Å². The first kappa shape index (κ1) is 13.5. The Morgan fingerprint density at radius 1 is 1.32 bits per heavy atom. The van der Waals surface area contributed by atoms with Gasteiger partial charge in [0.25, 0.3) is 0 Å². The number of hydrogen-bond acceptors (Lipinski definition) is 2. The molecule has 0 bridgehead atoms. The molecule has 0 fully saturated rings. The molecule has 1 aromatic carbocycles. The second-order valence-electron chi connectivity index (χ2n) is 5.25. The van der Waals surface area contributed by atoms with E-state index >= 15 is 0 Å². The quantitative estimate of drug-likeness (QED) is 0.888. The topological polar surface area (TPSA) is 62.5 Å². The molecule has 1 unspecified atom stereocenters. The molecule has 0 spiro atoms. The maximum atomic E-state index is 11.0. The van der Waals surface area contributed by atoms with Crippen molar-refractivity contribution in [3.05, 3.63) is 30.0 Å². The van der Waals surface area contributed by atoms with Crippen molar-refractivity contribution in [2.75, 3.05) is 0 Å². The van der Waals surface area contributed by atoms with Crippen LogP contribution in [0.4, 0.5) is 0 Å². The van der Waals surface area contributed by atoms with E-state index in [1.54, 1.807) is 19.1 Å². The third kappa shape index (κ3) is 2.43. The molecule has 2 rings (SSSR count). The Labute approximate surface area is 112 Å². The first-order valence-corrected chi connectivity index (χ1v) is 6.46. The van der Waals surface area contributed by atoms with Crippen LogP contribution in [0.2, 0.25) is 0 Å². The number of benzene rings is 1. The molecule has 102 valence electrons. The summed E-state index contributed by atoms with van der Waals surface area (Å²) in [5.74, 6) is -1.00. The Balaban J connectivity index is 2.57. The van der Waals surface area contributed by atoms with E-state index in [4.69, 9.17) is 5.11 Å². The van der Waals surface area contributed by atoms with E-state index in [1.165, 1.54) is 0 Å². The molecular formula is C15H19NO3. The molecule has 1 atom stereocenters. The standard InChI is InChI=1S/C15H19NO3/c1-9(2)16-11(7-10(3)15(18)19)8-12-13(16)5-4-6-14(12)17/h4-6,8-10,17H,7H2,1-3H3,(H,18,19). The van der Waals surface area contributed by atoms with Crippen molar-refractivity contribution >= 4 is 16.9 Å². The fourth-order valence-corrected chi connectivity index (χ4v) is 2.46. The second kappa shape index (κ2) is 4.96. The summed E-state index contributed by atoms with van der Waals surface area (Å²) in [5, 5.41) is 19.7. The van der Waals surface area contributed by atoms with Gasteiger partial charge in [0, 0.05) is 23.5 Å². The first-order valence-electron chi connectivity index (χ1n) is 6.46. The number of phenols is 1. The summed E-state index contributed by atoms with van der Waals surface area (Å²) in [6.45, 7) is 5.81. The third-order valence-electron chi connectivity index (χ3n) is 3.39. The molecule has 2 aromatic rings. The van der Waals surface area contributed by atoms with Gasteiger partial charge in [-0.25, -0.2) is 0 Å². The minimum absolute atomic E-state index is 0.218. The van der Waals surface area contributed by atoms with Crippen LogP contribution in [0, 0.1) is 5.92 Å². The summed E-state index contributed by atoms with van der Waals surface area (Å²) in [4.78, 5) is 11.0. The molecule has 0 aliphatic carbocycles. The number of phenolic OH excluding ortho intramolecular Hbond substituents is 1. The summed E-state index contributed by atoms with van der Waals surface area (Å²) in [5.41, 5.74) is 1.89. The zero-order chi connectivity index (χ0) is 14.2. The van der Waals surface area contributed by atoms with Gasteiger partial charge in [-0.2, -0.15) is 0 Å². The smallest absolute Gasteiger partial charge is 0.306 e. The van der Waals surface area contributed by atoms with Crippen molar-refractivity contribution in [2.24, 2.45) is 5.92 Å². The third-order valence-corrected chi connectivity index (χ3v) is 3.39. The van der Waals surface area contributed by atoms with Crippen molar-refractivity contribution in [2.45, 2.75) is 33.2 Å². The zero-order valence-electron chi connectivity index (χ0n) is 11.4. The summed E-state index contributed by atoms with van der Waals surface area (Å²) < 4.78 is 2.09. The van der Waals surface area contributed by atoms with Gasteiger partial charge in [0.1, 0.15) is 5.75 Å². The van der Waals surface area contributed by atoms with E-state index < -0.39 is 11.9 Å². The molecule has 1 heterocycles. The second-order valence-corrected chi connectivity index (χ2v) is 5.25. The fraction of sp³-hybridized carbons (Fsp3) is 0.400. The average Bonchev–Trinajstić information content (AvgIpc) is 2.68. The van der Waals surface area contributed by atoms with Gasteiger partial charge in [-0.15, -0.1) is 0 Å². The predicted molar refractivity (Wildman–Crippen MR) is 74.5 cm³/mol. The lowest BCUT2D eigenvalue weighted by molar-refractivity contribution is -0.141. The van der Waals surface area contributed by atoms with Gasteiger partial charge in [-0.05, 0) is 32.0 Å². The lowest BCUT2D eigenvalue weighted by Gasteiger charge is -2.16. The highest BCUT2D eigenvalue weighted by Crippen LogP contribution is 2.31. The molecule has 4 nitrogen and oxygen atoms in total.